The lowest BCUT2D eigenvalue weighted by Crippen LogP contribution is -2.12. The highest BCUT2D eigenvalue weighted by Crippen LogP contribution is 2.26. The molecule has 2 rings (SSSR count). The Balaban J connectivity index is 2.58. The van der Waals surface area contributed by atoms with Crippen molar-refractivity contribution in [3.8, 4) is 11.1 Å². The number of aromatic nitrogens is 2. The molecule has 3 N–H and O–H groups in total. The van der Waals surface area contributed by atoms with E-state index in [9.17, 15) is 4.79 Å². The molecular formula is C12H12N4O. The van der Waals surface area contributed by atoms with E-state index in [0.29, 0.717) is 11.4 Å². The molecule has 0 aliphatic rings. The van der Waals surface area contributed by atoms with Crippen molar-refractivity contribution in [3.63, 3.8) is 0 Å². The molecular weight excluding hydrogens is 216 g/mol. The quantitative estimate of drug-likeness (QED) is 0.829. The van der Waals surface area contributed by atoms with Crippen molar-refractivity contribution in [1.29, 1.82) is 0 Å². The number of carbonyl (C=O) groups excluding carboxylic acids is 1. The molecule has 5 heteroatoms. The lowest BCUT2D eigenvalue weighted by molar-refractivity contribution is 0.1000. The van der Waals surface area contributed by atoms with E-state index in [-0.39, 0.29) is 0 Å². The van der Waals surface area contributed by atoms with Gasteiger partial charge in [0.05, 0.1) is 5.56 Å². The number of rotatable bonds is 3. The van der Waals surface area contributed by atoms with Crippen LogP contribution in [0.1, 0.15) is 10.4 Å². The molecule has 0 spiro atoms. The van der Waals surface area contributed by atoms with Crippen molar-refractivity contribution in [3.05, 3.63) is 42.4 Å². The van der Waals surface area contributed by atoms with Crippen LogP contribution in [0, 0.1) is 0 Å². The van der Waals surface area contributed by atoms with Gasteiger partial charge in [0.15, 0.2) is 0 Å². The lowest BCUT2D eigenvalue weighted by atomic mass is 10.1. The number of hydrogen-bond acceptors (Lipinski definition) is 4. The van der Waals surface area contributed by atoms with E-state index in [4.69, 9.17) is 5.73 Å². The number of nitrogens with zero attached hydrogens (tertiary/aromatic N) is 2. The van der Waals surface area contributed by atoms with Crippen LogP contribution in [0.5, 0.6) is 0 Å². The van der Waals surface area contributed by atoms with Gasteiger partial charge in [-0.05, 0) is 23.8 Å². The molecule has 0 aliphatic carbocycles. The predicted molar refractivity (Wildman–Crippen MR) is 65.5 cm³/mol. The maximum atomic E-state index is 11.1. The number of hydrogen-bond donors (Lipinski definition) is 2. The molecule has 2 aromatic rings. The second-order valence-corrected chi connectivity index (χ2v) is 3.47. The summed E-state index contributed by atoms with van der Waals surface area (Å²) in [5, 5.41) is 2.98. The SMILES string of the molecule is CNc1ncc(C(N)=O)cc1-c1ccncc1. The molecule has 0 radical (unpaired) electrons. The summed E-state index contributed by atoms with van der Waals surface area (Å²) in [6.45, 7) is 0. The summed E-state index contributed by atoms with van der Waals surface area (Å²) in [4.78, 5) is 19.2. The monoisotopic (exact) mass is 228 g/mol. The van der Waals surface area contributed by atoms with Gasteiger partial charge in [0.25, 0.3) is 0 Å². The molecule has 0 bridgehead atoms. The predicted octanol–water partition coefficient (Wildman–Crippen LogP) is 1.28. The number of anilines is 1. The summed E-state index contributed by atoms with van der Waals surface area (Å²) in [6.07, 6.45) is 4.83. The number of nitrogens with two attached hydrogens (primary N) is 1. The summed E-state index contributed by atoms with van der Waals surface area (Å²) in [5.41, 5.74) is 7.38. The van der Waals surface area contributed by atoms with Gasteiger partial charge in [-0.1, -0.05) is 0 Å². The molecule has 5 nitrogen and oxygen atoms in total. The first-order valence-corrected chi connectivity index (χ1v) is 5.10. The fourth-order valence-corrected chi connectivity index (χ4v) is 1.55. The molecule has 0 atom stereocenters. The van der Waals surface area contributed by atoms with E-state index < -0.39 is 5.91 Å². The number of primary amides is 1. The minimum absolute atomic E-state index is 0.385. The highest BCUT2D eigenvalue weighted by atomic mass is 16.1. The summed E-state index contributed by atoms with van der Waals surface area (Å²) in [6, 6.07) is 5.42. The molecule has 1 amide bonds. The van der Waals surface area contributed by atoms with E-state index >= 15 is 0 Å². The van der Waals surface area contributed by atoms with Crippen molar-refractivity contribution in [2.75, 3.05) is 12.4 Å². The number of pyridine rings is 2. The maximum Gasteiger partial charge on any atom is 0.250 e. The van der Waals surface area contributed by atoms with Crippen LogP contribution in [0.3, 0.4) is 0 Å². The Labute approximate surface area is 98.7 Å². The lowest BCUT2D eigenvalue weighted by Gasteiger charge is -2.09. The topological polar surface area (TPSA) is 80.9 Å². The van der Waals surface area contributed by atoms with Gasteiger partial charge in [-0.3, -0.25) is 9.78 Å². The molecule has 0 fully saturated rings. The maximum absolute atomic E-state index is 11.1. The molecule has 0 saturated carbocycles. The van der Waals surface area contributed by atoms with Gasteiger partial charge in [0, 0.05) is 31.2 Å². The van der Waals surface area contributed by atoms with Gasteiger partial charge in [0.2, 0.25) is 5.91 Å². The Bertz CT molecular complexity index is 539. The highest BCUT2D eigenvalue weighted by Gasteiger charge is 2.09. The van der Waals surface area contributed by atoms with E-state index in [1.54, 1.807) is 25.5 Å². The molecule has 0 aliphatic heterocycles. The van der Waals surface area contributed by atoms with Crippen molar-refractivity contribution in [2.24, 2.45) is 5.73 Å². The summed E-state index contributed by atoms with van der Waals surface area (Å²) >= 11 is 0. The Morgan fingerprint density at radius 3 is 2.65 bits per heavy atom. The van der Waals surface area contributed by atoms with E-state index in [1.807, 2.05) is 12.1 Å². The van der Waals surface area contributed by atoms with Crippen LogP contribution in [-0.2, 0) is 0 Å². The average Bonchev–Trinajstić information content (AvgIpc) is 2.39. The molecule has 86 valence electrons. The zero-order valence-electron chi connectivity index (χ0n) is 9.34. The van der Waals surface area contributed by atoms with E-state index in [0.717, 1.165) is 11.1 Å². The zero-order chi connectivity index (χ0) is 12.3. The Morgan fingerprint density at radius 1 is 1.35 bits per heavy atom. The second kappa shape index (κ2) is 4.61. The second-order valence-electron chi connectivity index (χ2n) is 3.47. The Morgan fingerprint density at radius 2 is 2.06 bits per heavy atom. The van der Waals surface area contributed by atoms with E-state index in [1.165, 1.54) is 6.20 Å². The van der Waals surface area contributed by atoms with Gasteiger partial charge in [-0.15, -0.1) is 0 Å². The number of carbonyl (C=O) groups is 1. The average molecular weight is 228 g/mol. The first-order chi connectivity index (χ1) is 8.22. The van der Waals surface area contributed by atoms with Crippen molar-refractivity contribution in [1.82, 2.24) is 9.97 Å². The third kappa shape index (κ3) is 2.23. The molecule has 2 heterocycles. The number of amides is 1. The van der Waals surface area contributed by atoms with Gasteiger partial charge in [0.1, 0.15) is 5.82 Å². The first kappa shape index (κ1) is 11.1. The minimum atomic E-state index is -0.490. The fourth-order valence-electron chi connectivity index (χ4n) is 1.55. The van der Waals surface area contributed by atoms with Crippen LogP contribution in [0.25, 0.3) is 11.1 Å². The molecule has 0 aromatic carbocycles. The van der Waals surface area contributed by atoms with Gasteiger partial charge in [-0.25, -0.2) is 4.98 Å². The van der Waals surface area contributed by atoms with Crippen LogP contribution in [-0.4, -0.2) is 22.9 Å². The van der Waals surface area contributed by atoms with Crippen LogP contribution < -0.4 is 11.1 Å². The van der Waals surface area contributed by atoms with Crippen LogP contribution in [0.15, 0.2) is 36.8 Å². The molecule has 2 aromatic heterocycles. The van der Waals surface area contributed by atoms with Gasteiger partial charge < -0.3 is 11.1 Å². The van der Waals surface area contributed by atoms with Crippen LogP contribution >= 0.6 is 0 Å². The third-order valence-electron chi connectivity index (χ3n) is 2.40. The fraction of sp³-hybridized carbons (Fsp3) is 0.0833. The summed E-state index contributed by atoms with van der Waals surface area (Å²) in [5.74, 6) is 0.205. The molecule has 0 unspecified atom stereocenters. The van der Waals surface area contributed by atoms with Crippen molar-refractivity contribution < 1.29 is 4.79 Å². The smallest absolute Gasteiger partial charge is 0.250 e. The largest absolute Gasteiger partial charge is 0.373 e. The highest BCUT2D eigenvalue weighted by molar-refractivity contribution is 5.94. The third-order valence-corrected chi connectivity index (χ3v) is 2.40. The molecule has 17 heavy (non-hydrogen) atoms. The van der Waals surface area contributed by atoms with Crippen molar-refractivity contribution >= 4 is 11.7 Å². The van der Waals surface area contributed by atoms with Gasteiger partial charge >= 0.3 is 0 Å². The Kier molecular flexibility index (Phi) is 3.00. The summed E-state index contributed by atoms with van der Waals surface area (Å²) < 4.78 is 0. The Hall–Kier alpha value is -2.43. The van der Waals surface area contributed by atoms with Crippen LogP contribution in [0.4, 0.5) is 5.82 Å². The summed E-state index contributed by atoms with van der Waals surface area (Å²) in [7, 11) is 1.77. The van der Waals surface area contributed by atoms with Crippen molar-refractivity contribution in [2.45, 2.75) is 0 Å². The standard InChI is InChI=1S/C12H12N4O/c1-14-12-10(8-2-4-15-5-3-8)6-9(7-16-12)11(13)17/h2-7H,1H3,(H2,13,17)(H,14,16). The zero-order valence-corrected chi connectivity index (χ0v) is 9.34. The van der Waals surface area contributed by atoms with E-state index in [2.05, 4.69) is 15.3 Å². The minimum Gasteiger partial charge on any atom is -0.373 e. The first-order valence-electron chi connectivity index (χ1n) is 5.10. The molecule has 0 saturated heterocycles. The normalized spacial score (nSPS) is 9.94. The number of nitrogens with one attached hydrogen (secondary N) is 1. The van der Waals surface area contributed by atoms with Gasteiger partial charge in [-0.2, -0.15) is 0 Å². The van der Waals surface area contributed by atoms with Crippen LogP contribution in [0.2, 0.25) is 0 Å².